The molecule has 2 heterocycles. The Morgan fingerprint density at radius 2 is 1.95 bits per heavy atom. The summed E-state index contributed by atoms with van der Waals surface area (Å²) in [5.41, 5.74) is 0. The third kappa shape index (κ3) is 3.68. The molecule has 2 N–H and O–H groups in total. The van der Waals surface area contributed by atoms with E-state index in [1.165, 1.54) is 14.0 Å². The Kier molecular flexibility index (Phi) is 5.04. The highest BCUT2D eigenvalue weighted by Crippen LogP contribution is 2.33. The number of amides is 2. The lowest BCUT2D eigenvalue weighted by atomic mass is 10.4. The van der Waals surface area contributed by atoms with E-state index in [1.807, 2.05) is 0 Å². The summed E-state index contributed by atoms with van der Waals surface area (Å²) in [5, 5.41) is 31.3. The van der Waals surface area contributed by atoms with Crippen LogP contribution in [0.4, 0.5) is 23.8 Å². The number of carbonyl (C=O) groups excluding carboxylic acids is 1. The number of alkyl halides is 3. The van der Waals surface area contributed by atoms with Gasteiger partial charge in [0.05, 0.1) is 0 Å². The zero-order chi connectivity index (χ0) is 17.2. The fourth-order valence-electron chi connectivity index (χ4n) is 1.48. The monoisotopic (exact) mass is 324 g/mol. The molecule has 1 fully saturated rings. The van der Waals surface area contributed by atoms with E-state index in [9.17, 15) is 33.3 Å². The van der Waals surface area contributed by atoms with Gasteiger partial charge in [-0.2, -0.15) is 13.2 Å². The molecule has 0 aliphatic carbocycles. The minimum atomic E-state index is -4.75. The Hall–Kier alpha value is -2.27. The number of anilines is 1. The summed E-state index contributed by atoms with van der Waals surface area (Å²) in [5.74, 6) is -2.01. The summed E-state index contributed by atoms with van der Waals surface area (Å²) in [4.78, 5) is 12.8. The van der Waals surface area contributed by atoms with E-state index < -0.39 is 36.2 Å². The van der Waals surface area contributed by atoms with Crippen molar-refractivity contribution in [2.75, 3.05) is 11.9 Å². The molecule has 2 unspecified atom stereocenters. The van der Waals surface area contributed by atoms with E-state index >= 15 is 0 Å². The molecule has 0 bridgehead atoms. The lowest BCUT2D eigenvalue weighted by molar-refractivity contribution is -0.300. The van der Waals surface area contributed by atoms with Gasteiger partial charge in [-0.15, -0.1) is 12.3 Å². The van der Waals surface area contributed by atoms with Crippen molar-refractivity contribution in [2.45, 2.75) is 25.6 Å². The van der Waals surface area contributed by atoms with Crippen molar-refractivity contribution in [1.82, 2.24) is 10.1 Å². The average molecular weight is 324 g/mol. The van der Waals surface area contributed by atoms with Gasteiger partial charge in [0.25, 0.3) is 0 Å². The van der Waals surface area contributed by atoms with Gasteiger partial charge in [-0.05, 0) is 0 Å². The van der Waals surface area contributed by atoms with Crippen LogP contribution in [0.5, 0.6) is 0 Å². The van der Waals surface area contributed by atoms with Crippen LogP contribution >= 0.6 is 0 Å². The molecular weight excluding hydrogens is 311 g/mol. The van der Waals surface area contributed by atoms with Crippen LogP contribution in [0.25, 0.3) is 0 Å². The summed E-state index contributed by atoms with van der Waals surface area (Å²) in [6.45, 7) is 4.42. The summed E-state index contributed by atoms with van der Waals surface area (Å²) in [6.07, 6.45) is -8.01. The van der Waals surface area contributed by atoms with Crippen LogP contribution in [0.2, 0.25) is 0 Å². The van der Waals surface area contributed by atoms with Crippen LogP contribution in [0, 0.1) is 0 Å². The van der Waals surface area contributed by atoms with Crippen molar-refractivity contribution >= 4 is 11.8 Å². The summed E-state index contributed by atoms with van der Waals surface area (Å²) < 4.78 is 40.9. The minimum Gasteiger partial charge on any atom is -0.876 e. The first kappa shape index (κ1) is 17.8. The molecule has 1 aromatic heterocycles. The van der Waals surface area contributed by atoms with Gasteiger partial charge in [-0.25, -0.2) is 9.69 Å². The van der Waals surface area contributed by atoms with Crippen LogP contribution < -0.4 is 10.0 Å². The fourth-order valence-corrected chi connectivity index (χ4v) is 1.48. The number of nitrogens with zero attached hydrogens (tertiary/aromatic N) is 3. The van der Waals surface area contributed by atoms with E-state index in [-0.39, 0.29) is 5.76 Å². The first-order valence-electron chi connectivity index (χ1n) is 5.75. The minimum absolute atomic E-state index is 0.0833. The third-order valence-corrected chi connectivity index (χ3v) is 2.46. The number of carbonyl (C=O) groups is 1. The Morgan fingerprint density at radius 3 is 2.27 bits per heavy atom. The predicted molar refractivity (Wildman–Crippen MR) is 64.0 cm³/mol. The molecule has 0 radical (unpaired) electrons. The molecule has 2 atom stereocenters. The van der Waals surface area contributed by atoms with Crippen LogP contribution in [-0.2, 0) is 6.18 Å². The molecule has 1 aliphatic heterocycles. The number of aliphatic hydroxyl groups is 2. The van der Waals surface area contributed by atoms with E-state index in [1.54, 1.807) is 0 Å². The summed E-state index contributed by atoms with van der Waals surface area (Å²) in [6, 6.07) is -0.426. The zero-order valence-corrected chi connectivity index (χ0v) is 11.5. The number of hydrogen-bond acceptors (Lipinski definition) is 6. The predicted octanol–water partition coefficient (Wildman–Crippen LogP) is 0.0823. The van der Waals surface area contributed by atoms with E-state index in [2.05, 4.69) is 16.3 Å². The molecule has 2 amide bonds. The maximum Gasteiger partial charge on any atom is 0.452 e. The highest BCUT2D eigenvalue weighted by molar-refractivity contribution is 5.93. The highest BCUT2D eigenvalue weighted by Gasteiger charge is 2.45. The fraction of sp³-hybridized carbons (Fsp3) is 0.455. The maximum absolute atomic E-state index is 12.3. The molecule has 0 saturated carbocycles. The van der Waals surface area contributed by atoms with E-state index in [0.717, 1.165) is 4.90 Å². The smallest absolute Gasteiger partial charge is 0.452 e. The average Bonchev–Trinajstić information content (AvgIpc) is 2.91. The standard InChI is InChI=1S/C8H8F3N3O4.C3H6O/c1-13-5(15)6(16)14(7(13)17)4-2-3(18-12-4)8(9,10)11;1-3(2)4/h2,5-6,15-16H,1H3;4H,1H2,2H3/p-1. The van der Waals surface area contributed by atoms with Gasteiger partial charge in [0, 0.05) is 13.1 Å². The summed E-state index contributed by atoms with van der Waals surface area (Å²) in [7, 11) is 1.18. The van der Waals surface area contributed by atoms with Crippen LogP contribution in [0.1, 0.15) is 12.7 Å². The number of allylic oxidation sites excluding steroid dienone is 1. The Bertz CT molecular complexity index is 555. The maximum atomic E-state index is 12.3. The van der Waals surface area contributed by atoms with E-state index in [4.69, 9.17) is 0 Å². The normalized spacial score (nSPS) is 21.7. The Morgan fingerprint density at radius 1 is 1.45 bits per heavy atom. The number of aromatic nitrogens is 1. The van der Waals surface area contributed by atoms with Gasteiger partial charge >= 0.3 is 12.2 Å². The summed E-state index contributed by atoms with van der Waals surface area (Å²) >= 11 is 0. The van der Waals surface area contributed by atoms with Crippen LogP contribution in [0.15, 0.2) is 22.9 Å². The number of likely N-dealkylation sites (N-methyl/N-ethyl adjacent to an activating group) is 1. The first-order chi connectivity index (χ1) is 9.96. The number of urea groups is 1. The first-order valence-corrected chi connectivity index (χ1v) is 5.75. The topological polar surface area (TPSA) is 113 Å². The SMILES string of the molecule is C=C(C)[O-].CN1C(=O)N(c2cc(C(F)(F)F)on2)C(O)C1O. The largest absolute Gasteiger partial charge is 0.876 e. The van der Waals surface area contributed by atoms with Crippen molar-refractivity contribution < 1.29 is 37.8 Å². The van der Waals surface area contributed by atoms with Crippen molar-refractivity contribution in [3.8, 4) is 0 Å². The van der Waals surface area contributed by atoms with Gasteiger partial charge in [0.1, 0.15) is 0 Å². The lowest BCUT2D eigenvalue weighted by Crippen LogP contribution is -2.36. The number of hydrogen-bond donors (Lipinski definition) is 2. The van der Waals surface area contributed by atoms with Crippen molar-refractivity contribution in [3.05, 3.63) is 24.2 Å². The second kappa shape index (κ2) is 6.23. The third-order valence-electron chi connectivity index (χ3n) is 2.46. The molecule has 8 nitrogen and oxygen atoms in total. The van der Waals surface area contributed by atoms with Gasteiger partial charge in [0.2, 0.25) is 5.76 Å². The molecule has 0 spiro atoms. The molecular formula is C11H13F3N3O5-. The molecule has 0 aromatic carbocycles. The second-order valence-corrected chi connectivity index (χ2v) is 4.34. The van der Waals surface area contributed by atoms with Crippen LogP contribution in [-0.4, -0.2) is 45.8 Å². The van der Waals surface area contributed by atoms with Gasteiger partial charge in [-0.3, -0.25) is 4.90 Å². The van der Waals surface area contributed by atoms with E-state index in [0.29, 0.717) is 11.0 Å². The van der Waals surface area contributed by atoms with Gasteiger partial charge < -0.3 is 19.8 Å². The number of halogens is 3. The molecule has 124 valence electrons. The second-order valence-electron chi connectivity index (χ2n) is 4.34. The molecule has 22 heavy (non-hydrogen) atoms. The quantitative estimate of drug-likeness (QED) is 0.708. The van der Waals surface area contributed by atoms with Crippen molar-refractivity contribution in [3.63, 3.8) is 0 Å². The molecule has 1 saturated heterocycles. The van der Waals surface area contributed by atoms with Crippen molar-refractivity contribution in [2.24, 2.45) is 0 Å². The Labute approximate surface area is 122 Å². The molecule has 11 heteroatoms. The molecule has 2 rings (SSSR count). The highest BCUT2D eigenvalue weighted by atomic mass is 19.4. The van der Waals surface area contributed by atoms with Gasteiger partial charge in [0.15, 0.2) is 18.3 Å². The molecule has 1 aromatic rings. The lowest BCUT2D eigenvalue weighted by Gasteiger charge is -2.15. The number of rotatable bonds is 1. The van der Waals surface area contributed by atoms with Gasteiger partial charge in [-0.1, -0.05) is 12.1 Å². The Balaban J connectivity index is 0.000000541. The molecule has 1 aliphatic rings. The zero-order valence-electron chi connectivity index (χ0n) is 11.5. The number of aliphatic hydroxyl groups excluding tert-OH is 2. The van der Waals surface area contributed by atoms with Crippen molar-refractivity contribution in [1.29, 1.82) is 0 Å². The van der Waals surface area contributed by atoms with Crippen LogP contribution in [0.3, 0.4) is 0 Å².